The number of rotatable bonds is 2. The number of aliphatic hydroxyl groups is 1. The van der Waals surface area contributed by atoms with Crippen LogP contribution in [0.3, 0.4) is 0 Å². The number of anilines is 1. The molecular formula is C15H15N3O2. The first kappa shape index (κ1) is 13.8. The Bertz CT molecular complexity index is 693. The van der Waals surface area contributed by atoms with E-state index < -0.39 is 0 Å². The molecule has 1 amide bonds. The number of nitrogens with one attached hydrogen (secondary N) is 1. The average molecular weight is 269 g/mol. The lowest BCUT2D eigenvalue weighted by atomic mass is 10.1. The van der Waals surface area contributed by atoms with Gasteiger partial charge >= 0.3 is 0 Å². The first-order valence-electron chi connectivity index (χ1n) is 6.10. The van der Waals surface area contributed by atoms with Crippen LogP contribution in [0.2, 0.25) is 0 Å². The third kappa shape index (κ3) is 3.25. The molecule has 2 N–H and O–H groups in total. The Kier molecular flexibility index (Phi) is 4.18. The Morgan fingerprint density at radius 3 is 2.90 bits per heavy atom. The quantitative estimate of drug-likeness (QED) is 0.808. The predicted molar refractivity (Wildman–Crippen MR) is 76.3 cm³/mol. The van der Waals surface area contributed by atoms with Crippen molar-refractivity contribution < 1.29 is 9.90 Å². The highest BCUT2D eigenvalue weighted by Crippen LogP contribution is 2.15. The molecule has 2 aromatic rings. The molecular weight excluding hydrogens is 254 g/mol. The van der Waals surface area contributed by atoms with Gasteiger partial charge in [-0.25, -0.2) is 0 Å². The van der Waals surface area contributed by atoms with Gasteiger partial charge < -0.3 is 10.4 Å². The largest absolute Gasteiger partial charge is 0.384 e. The molecule has 0 spiro atoms. The van der Waals surface area contributed by atoms with E-state index in [1.165, 1.54) is 6.20 Å². The van der Waals surface area contributed by atoms with Crippen LogP contribution < -0.4 is 5.32 Å². The second kappa shape index (κ2) is 6.04. The van der Waals surface area contributed by atoms with Crippen molar-refractivity contribution in [3.05, 3.63) is 47.3 Å². The van der Waals surface area contributed by atoms with Gasteiger partial charge in [-0.1, -0.05) is 11.8 Å². The summed E-state index contributed by atoms with van der Waals surface area (Å²) in [5, 5.41) is 15.4. The zero-order chi connectivity index (χ0) is 14.5. The molecule has 0 radical (unpaired) electrons. The second-order valence-electron chi connectivity index (χ2n) is 4.35. The van der Waals surface area contributed by atoms with Crippen molar-refractivity contribution in [2.45, 2.75) is 6.92 Å². The predicted octanol–water partition coefficient (Wildman–Crippen LogP) is 1.32. The number of aliphatic hydroxyl groups excluding tert-OH is 1. The van der Waals surface area contributed by atoms with Crippen LogP contribution in [0.4, 0.5) is 5.69 Å². The van der Waals surface area contributed by atoms with Gasteiger partial charge in [-0.15, -0.1) is 0 Å². The van der Waals surface area contributed by atoms with Gasteiger partial charge in [0, 0.05) is 24.5 Å². The molecule has 0 unspecified atom stereocenters. The topological polar surface area (TPSA) is 67.2 Å². The molecule has 0 saturated carbocycles. The Morgan fingerprint density at radius 2 is 2.30 bits per heavy atom. The van der Waals surface area contributed by atoms with E-state index in [0.717, 1.165) is 11.1 Å². The fourth-order valence-electron chi connectivity index (χ4n) is 1.76. The Morgan fingerprint density at radius 1 is 1.50 bits per heavy atom. The van der Waals surface area contributed by atoms with Gasteiger partial charge in [-0.05, 0) is 30.7 Å². The Balaban J connectivity index is 2.14. The third-order valence-corrected chi connectivity index (χ3v) is 2.75. The van der Waals surface area contributed by atoms with Crippen molar-refractivity contribution >= 4 is 11.6 Å². The molecule has 0 fully saturated rings. The highest BCUT2D eigenvalue weighted by Gasteiger charge is 2.08. The van der Waals surface area contributed by atoms with Gasteiger partial charge in [0.2, 0.25) is 0 Å². The van der Waals surface area contributed by atoms with E-state index in [1.54, 1.807) is 24.0 Å². The van der Waals surface area contributed by atoms with Crippen molar-refractivity contribution in [2.75, 3.05) is 11.9 Å². The molecule has 1 aromatic heterocycles. The van der Waals surface area contributed by atoms with E-state index in [-0.39, 0.29) is 12.5 Å². The van der Waals surface area contributed by atoms with Crippen LogP contribution in [0.5, 0.6) is 0 Å². The zero-order valence-electron chi connectivity index (χ0n) is 11.3. The summed E-state index contributed by atoms with van der Waals surface area (Å²) >= 11 is 0. The summed E-state index contributed by atoms with van der Waals surface area (Å²) in [7, 11) is 1.76. The van der Waals surface area contributed by atoms with Gasteiger partial charge in [0.15, 0.2) is 0 Å². The van der Waals surface area contributed by atoms with E-state index in [0.29, 0.717) is 11.3 Å². The Labute approximate surface area is 117 Å². The number of benzene rings is 1. The van der Waals surface area contributed by atoms with Gasteiger partial charge in [-0.3, -0.25) is 9.48 Å². The van der Waals surface area contributed by atoms with Crippen molar-refractivity contribution in [1.29, 1.82) is 0 Å². The summed E-state index contributed by atoms with van der Waals surface area (Å²) < 4.78 is 1.58. The number of carbonyl (C=O) groups excluding carboxylic acids is 1. The molecule has 1 aromatic carbocycles. The minimum atomic E-state index is -0.202. The van der Waals surface area contributed by atoms with Crippen LogP contribution in [0.15, 0.2) is 30.6 Å². The van der Waals surface area contributed by atoms with Crippen LogP contribution in [0.1, 0.15) is 21.5 Å². The van der Waals surface area contributed by atoms with E-state index in [2.05, 4.69) is 22.3 Å². The van der Waals surface area contributed by atoms with Crippen LogP contribution in [-0.2, 0) is 7.05 Å². The highest BCUT2D eigenvalue weighted by atomic mass is 16.2. The van der Waals surface area contributed by atoms with Crippen LogP contribution in [0, 0.1) is 18.8 Å². The summed E-state index contributed by atoms with van der Waals surface area (Å²) in [4.78, 5) is 12.0. The molecule has 0 aliphatic heterocycles. The molecule has 0 saturated heterocycles. The van der Waals surface area contributed by atoms with E-state index in [9.17, 15) is 4.79 Å². The van der Waals surface area contributed by atoms with Gasteiger partial charge in [0.05, 0.1) is 11.8 Å². The normalized spacial score (nSPS) is 9.75. The van der Waals surface area contributed by atoms with Gasteiger partial charge in [0.25, 0.3) is 5.91 Å². The van der Waals surface area contributed by atoms with Crippen LogP contribution in [-0.4, -0.2) is 27.4 Å². The molecule has 5 heteroatoms. The van der Waals surface area contributed by atoms with Crippen LogP contribution >= 0.6 is 0 Å². The minimum absolute atomic E-state index is 0.168. The number of aryl methyl sites for hydroxylation is 2. The summed E-state index contributed by atoms with van der Waals surface area (Å²) in [6, 6.07) is 5.44. The smallest absolute Gasteiger partial charge is 0.258 e. The molecule has 0 aliphatic rings. The van der Waals surface area contributed by atoms with E-state index in [1.807, 2.05) is 19.1 Å². The minimum Gasteiger partial charge on any atom is -0.384 e. The molecule has 1 heterocycles. The van der Waals surface area contributed by atoms with E-state index >= 15 is 0 Å². The fraction of sp³-hybridized carbons (Fsp3) is 0.200. The molecule has 20 heavy (non-hydrogen) atoms. The first-order chi connectivity index (χ1) is 9.60. The van der Waals surface area contributed by atoms with Crippen molar-refractivity contribution in [1.82, 2.24) is 9.78 Å². The molecule has 0 bridgehead atoms. The summed E-state index contributed by atoms with van der Waals surface area (Å²) in [6.45, 7) is 1.74. The van der Waals surface area contributed by atoms with E-state index in [4.69, 9.17) is 5.11 Å². The van der Waals surface area contributed by atoms with Crippen molar-refractivity contribution in [3.8, 4) is 11.8 Å². The molecule has 0 atom stereocenters. The highest BCUT2D eigenvalue weighted by molar-refractivity contribution is 6.04. The maximum atomic E-state index is 12.0. The number of aromatic nitrogens is 2. The number of amides is 1. The molecule has 2 rings (SSSR count). The van der Waals surface area contributed by atoms with Gasteiger partial charge in [0.1, 0.15) is 6.61 Å². The summed E-state index contributed by atoms with van der Waals surface area (Å²) in [5.41, 5.74) is 2.98. The Hall–Kier alpha value is -2.58. The number of hydrogen-bond donors (Lipinski definition) is 2. The fourth-order valence-corrected chi connectivity index (χ4v) is 1.76. The first-order valence-corrected chi connectivity index (χ1v) is 6.10. The molecule has 5 nitrogen and oxygen atoms in total. The lowest BCUT2D eigenvalue weighted by Gasteiger charge is -2.06. The zero-order valence-corrected chi connectivity index (χ0v) is 11.3. The summed E-state index contributed by atoms with van der Waals surface area (Å²) in [5.74, 6) is 5.25. The number of nitrogens with zero attached hydrogens (tertiary/aromatic N) is 2. The van der Waals surface area contributed by atoms with Crippen molar-refractivity contribution in [3.63, 3.8) is 0 Å². The molecule has 0 aliphatic carbocycles. The monoisotopic (exact) mass is 269 g/mol. The van der Waals surface area contributed by atoms with Crippen LogP contribution in [0.25, 0.3) is 0 Å². The standard InChI is InChI=1S/C15H15N3O2/c1-11-8-14(6-5-12(11)4-3-7-19)17-15(20)13-9-16-18(2)10-13/h5-6,8-10,19H,7H2,1-2H3,(H,17,20). The third-order valence-electron chi connectivity index (χ3n) is 2.75. The van der Waals surface area contributed by atoms with Crippen molar-refractivity contribution in [2.24, 2.45) is 7.05 Å². The lowest BCUT2D eigenvalue weighted by molar-refractivity contribution is 0.102. The maximum absolute atomic E-state index is 12.0. The SMILES string of the molecule is Cc1cc(NC(=O)c2cnn(C)c2)ccc1C#CCO. The maximum Gasteiger partial charge on any atom is 0.258 e. The number of carbonyl (C=O) groups is 1. The van der Waals surface area contributed by atoms with Gasteiger partial charge in [-0.2, -0.15) is 5.10 Å². The second-order valence-corrected chi connectivity index (χ2v) is 4.35. The lowest BCUT2D eigenvalue weighted by Crippen LogP contribution is -2.11. The molecule has 102 valence electrons. The summed E-state index contributed by atoms with van der Waals surface area (Å²) in [6.07, 6.45) is 3.17. The average Bonchev–Trinajstić information content (AvgIpc) is 2.85. The number of hydrogen-bond acceptors (Lipinski definition) is 3.